The molecule has 2 nitrogen and oxygen atoms in total. The maximum Gasteiger partial charge on any atom is 0.227 e. The highest BCUT2D eigenvalue weighted by molar-refractivity contribution is 6.31. The molecule has 0 fully saturated rings. The van der Waals surface area contributed by atoms with Gasteiger partial charge in [0.25, 0.3) is 0 Å². The molecule has 0 unspecified atom stereocenters. The van der Waals surface area contributed by atoms with Gasteiger partial charge in [-0.05, 0) is 41.5 Å². The fourth-order valence-corrected chi connectivity index (χ4v) is 2.68. The zero-order valence-corrected chi connectivity index (χ0v) is 13.6. The summed E-state index contributed by atoms with van der Waals surface area (Å²) in [4.78, 5) is 4.50. The first-order valence-electron chi connectivity index (χ1n) is 7.68. The summed E-state index contributed by atoms with van der Waals surface area (Å²) in [6.45, 7) is 0. The summed E-state index contributed by atoms with van der Waals surface area (Å²) in [6.07, 6.45) is 4.18. The molecule has 116 valence electrons. The van der Waals surface area contributed by atoms with Crippen molar-refractivity contribution < 1.29 is 4.42 Å². The molecule has 24 heavy (non-hydrogen) atoms. The van der Waals surface area contributed by atoms with Gasteiger partial charge in [0, 0.05) is 10.6 Å². The number of rotatable bonds is 3. The highest BCUT2D eigenvalue weighted by Gasteiger charge is 2.08. The van der Waals surface area contributed by atoms with E-state index < -0.39 is 0 Å². The summed E-state index contributed by atoms with van der Waals surface area (Å²) in [5.74, 6) is 0.603. The van der Waals surface area contributed by atoms with Crippen LogP contribution in [0.3, 0.4) is 0 Å². The number of halogens is 1. The smallest absolute Gasteiger partial charge is 0.227 e. The van der Waals surface area contributed by atoms with Crippen molar-refractivity contribution >= 4 is 34.9 Å². The first-order valence-corrected chi connectivity index (χ1v) is 8.05. The van der Waals surface area contributed by atoms with E-state index in [2.05, 4.69) is 41.4 Å². The Morgan fingerprint density at radius 1 is 0.792 bits per heavy atom. The van der Waals surface area contributed by atoms with Crippen molar-refractivity contribution in [2.24, 2.45) is 0 Å². The summed E-state index contributed by atoms with van der Waals surface area (Å²) in [5, 5.41) is 0.656. The molecule has 0 N–H and O–H groups in total. The van der Waals surface area contributed by atoms with Crippen LogP contribution in [-0.2, 0) is 0 Å². The minimum atomic E-state index is 0.603. The molecule has 0 amide bonds. The molecule has 0 spiro atoms. The lowest BCUT2D eigenvalue weighted by Crippen LogP contribution is -1.78. The van der Waals surface area contributed by atoms with Gasteiger partial charge in [0.05, 0.1) is 0 Å². The van der Waals surface area contributed by atoms with Crippen molar-refractivity contribution in [3.63, 3.8) is 0 Å². The molecule has 0 aliphatic carbocycles. The van der Waals surface area contributed by atoms with Gasteiger partial charge in [0.15, 0.2) is 5.58 Å². The maximum atomic E-state index is 5.99. The molecule has 0 aliphatic rings. The van der Waals surface area contributed by atoms with E-state index in [4.69, 9.17) is 16.0 Å². The van der Waals surface area contributed by atoms with Crippen LogP contribution in [0.4, 0.5) is 0 Å². The number of nitrogens with zero attached hydrogens (tertiary/aromatic N) is 1. The van der Waals surface area contributed by atoms with Gasteiger partial charge in [0.1, 0.15) is 5.52 Å². The quantitative estimate of drug-likeness (QED) is 0.410. The number of fused-ring (bicyclic) bond motifs is 1. The minimum Gasteiger partial charge on any atom is -0.436 e. The third-order valence-electron chi connectivity index (χ3n) is 3.78. The molecule has 1 heterocycles. The summed E-state index contributed by atoms with van der Waals surface area (Å²) >= 11 is 5.99. The molecular formula is C21H14ClNO. The van der Waals surface area contributed by atoms with E-state index in [1.807, 2.05) is 36.4 Å². The lowest BCUT2D eigenvalue weighted by molar-refractivity contribution is 0.620. The summed E-state index contributed by atoms with van der Waals surface area (Å²) < 4.78 is 5.79. The fraction of sp³-hybridized carbons (Fsp3) is 0. The fourth-order valence-electron chi connectivity index (χ4n) is 2.52. The number of hydrogen-bond donors (Lipinski definition) is 0. The van der Waals surface area contributed by atoms with Crippen molar-refractivity contribution in [3.8, 4) is 11.5 Å². The first kappa shape index (κ1) is 14.7. The normalized spacial score (nSPS) is 11.4. The second-order valence-corrected chi connectivity index (χ2v) is 5.93. The topological polar surface area (TPSA) is 26.0 Å². The SMILES string of the molecule is Clc1ccc2oc(-c3ccc(C=Cc4ccccc4)cc3)nc2c1. The molecule has 4 aromatic rings. The van der Waals surface area contributed by atoms with E-state index in [9.17, 15) is 0 Å². The molecule has 0 aliphatic heterocycles. The van der Waals surface area contributed by atoms with Crippen molar-refractivity contribution in [1.29, 1.82) is 0 Å². The lowest BCUT2D eigenvalue weighted by atomic mass is 10.1. The standard InChI is InChI=1S/C21H14ClNO/c22-18-12-13-20-19(14-18)23-21(24-20)17-10-8-16(9-11-17)7-6-15-4-2-1-3-5-15/h1-14H. The van der Waals surface area contributed by atoms with Gasteiger partial charge in [-0.3, -0.25) is 0 Å². The monoisotopic (exact) mass is 331 g/mol. The van der Waals surface area contributed by atoms with E-state index in [1.165, 1.54) is 5.56 Å². The van der Waals surface area contributed by atoms with Gasteiger partial charge in [-0.2, -0.15) is 0 Å². The molecule has 4 rings (SSSR count). The second kappa shape index (κ2) is 6.34. The molecule has 0 saturated heterocycles. The Bertz CT molecular complexity index is 1000. The van der Waals surface area contributed by atoms with E-state index in [1.54, 1.807) is 12.1 Å². The highest BCUT2D eigenvalue weighted by Crippen LogP contribution is 2.26. The largest absolute Gasteiger partial charge is 0.436 e. The summed E-state index contributed by atoms with van der Waals surface area (Å²) in [7, 11) is 0. The minimum absolute atomic E-state index is 0.603. The number of oxazole rings is 1. The van der Waals surface area contributed by atoms with Crippen LogP contribution in [0, 0.1) is 0 Å². The van der Waals surface area contributed by atoms with Crippen LogP contribution >= 0.6 is 11.6 Å². The maximum absolute atomic E-state index is 5.99. The molecule has 3 heteroatoms. The van der Waals surface area contributed by atoms with Gasteiger partial charge < -0.3 is 4.42 Å². The van der Waals surface area contributed by atoms with Crippen LogP contribution in [0.15, 0.2) is 77.2 Å². The van der Waals surface area contributed by atoms with E-state index in [0.29, 0.717) is 10.9 Å². The second-order valence-electron chi connectivity index (χ2n) is 5.50. The molecule has 0 atom stereocenters. The molecular weight excluding hydrogens is 318 g/mol. The Morgan fingerprint density at radius 2 is 1.50 bits per heavy atom. The molecule has 1 aromatic heterocycles. The average molecular weight is 332 g/mol. The number of aromatic nitrogens is 1. The van der Waals surface area contributed by atoms with Gasteiger partial charge in [-0.25, -0.2) is 4.98 Å². The van der Waals surface area contributed by atoms with Crippen LogP contribution in [-0.4, -0.2) is 4.98 Å². The van der Waals surface area contributed by atoms with Crippen LogP contribution in [0.1, 0.15) is 11.1 Å². The van der Waals surface area contributed by atoms with Gasteiger partial charge >= 0.3 is 0 Å². The Morgan fingerprint density at radius 3 is 2.25 bits per heavy atom. The van der Waals surface area contributed by atoms with Crippen molar-refractivity contribution in [3.05, 3.63) is 88.9 Å². The van der Waals surface area contributed by atoms with Crippen LogP contribution in [0.5, 0.6) is 0 Å². The highest BCUT2D eigenvalue weighted by atomic mass is 35.5. The third kappa shape index (κ3) is 3.10. The summed E-state index contributed by atoms with van der Waals surface area (Å²) in [6, 6.07) is 23.8. The van der Waals surface area contributed by atoms with Crippen molar-refractivity contribution in [2.45, 2.75) is 0 Å². The van der Waals surface area contributed by atoms with Crippen molar-refractivity contribution in [2.75, 3.05) is 0 Å². The van der Waals surface area contributed by atoms with Crippen LogP contribution in [0.25, 0.3) is 34.7 Å². The molecule has 3 aromatic carbocycles. The Kier molecular flexibility index (Phi) is 3.89. The zero-order chi connectivity index (χ0) is 16.4. The summed E-state index contributed by atoms with van der Waals surface area (Å²) in [5.41, 5.74) is 4.76. The number of benzene rings is 3. The van der Waals surface area contributed by atoms with E-state index in [0.717, 1.165) is 22.2 Å². The van der Waals surface area contributed by atoms with Crippen LogP contribution in [0.2, 0.25) is 5.02 Å². The molecule has 0 saturated carbocycles. The van der Waals surface area contributed by atoms with Crippen molar-refractivity contribution in [1.82, 2.24) is 4.98 Å². The van der Waals surface area contributed by atoms with Crippen LogP contribution < -0.4 is 0 Å². The molecule has 0 radical (unpaired) electrons. The van der Waals surface area contributed by atoms with Gasteiger partial charge in [-0.15, -0.1) is 0 Å². The Labute approximate surface area is 145 Å². The van der Waals surface area contributed by atoms with Gasteiger partial charge in [-0.1, -0.05) is 66.2 Å². The zero-order valence-electron chi connectivity index (χ0n) is 12.8. The van der Waals surface area contributed by atoms with E-state index in [-0.39, 0.29) is 0 Å². The van der Waals surface area contributed by atoms with Gasteiger partial charge in [0.2, 0.25) is 5.89 Å². The predicted octanol–water partition coefficient (Wildman–Crippen LogP) is 6.32. The first-order chi connectivity index (χ1) is 11.8. The Hall–Kier alpha value is -2.84. The van der Waals surface area contributed by atoms with E-state index >= 15 is 0 Å². The third-order valence-corrected chi connectivity index (χ3v) is 4.01. The molecule has 0 bridgehead atoms. The lowest BCUT2D eigenvalue weighted by Gasteiger charge is -1.97. The average Bonchev–Trinajstić information content (AvgIpc) is 3.04. The predicted molar refractivity (Wildman–Crippen MR) is 99.8 cm³/mol. The Balaban J connectivity index is 1.59. The number of hydrogen-bond acceptors (Lipinski definition) is 2.